The molecule has 0 aliphatic heterocycles. The van der Waals surface area contributed by atoms with Gasteiger partial charge in [-0.05, 0) is 30.1 Å². The smallest absolute Gasteiger partial charge is 0.302 e. The van der Waals surface area contributed by atoms with Gasteiger partial charge in [-0.2, -0.15) is 0 Å². The van der Waals surface area contributed by atoms with Gasteiger partial charge in [0.25, 0.3) is 0 Å². The van der Waals surface area contributed by atoms with Crippen LogP contribution < -0.4 is 0 Å². The highest BCUT2D eigenvalue weighted by Gasteiger charge is 2.47. The number of allylic oxidation sites excluding steroid dienone is 2. The number of carbonyl (C=O) groups is 1. The minimum atomic E-state index is -0.130. The van der Waals surface area contributed by atoms with Crippen molar-refractivity contribution in [1.29, 1.82) is 0 Å². The van der Waals surface area contributed by atoms with Crippen molar-refractivity contribution in [3.8, 4) is 0 Å². The summed E-state index contributed by atoms with van der Waals surface area (Å²) in [5, 5.41) is 0. The van der Waals surface area contributed by atoms with Crippen molar-refractivity contribution < 1.29 is 9.53 Å². The Morgan fingerprint density at radius 3 is 2.53 bits per heavy atom. The SMILES string of the molecule is CCC(C)C(OC(C)=O)C1C2C=CC(C2)C1C. The van der Waals surface area contributed by atoms with Gasteiger partial charge in [-0.15, -0.1) is 0 Å². The molecule has 1 fully saturated rings. The maximum absolute atomic E-state index is 11.3. The lowest BCUT2D eigenvalue weighted by molar-refractivity contribution is -0.154. The van der Waals surface area contributed by atoms with E-state index in [2.05, 4.69) is 32.9 Å². The summed E-state index contributed by atoms with van der Waals surface area (Å²) in [6, 6.07) is 0. The van der Waals surface area contributed by atoms with Crippen LogP contribution >= 0.6 is 0 Å². The maximum Gasteiger partial charge on any atom is 0.302 e. The highest BCUT2D eigenvalue weighted by molar-refractivity contribution is 5.66. The molecule has 2 nitrogen and oxygen atoms in total. The van der Waals surface area contributed by atoms with Crippen molar-refractivity contribution in [1.82, 2.24) is 0 Å². The quantitative estimate of drug-likeness (QED) is 0.552. The highest BCUT2D eigenvalue weighted by atomic mass is 16.5. The minimum absolute atomic E-state index is 0.104. The zero-order valence-corrected chi connectivity index (χ0v) is 11.3. The third kappa shape index (κ3) is 2.27. The third-order valence-electron chi connectivity index (χ3n) is 4.81. The van der Waals surface area contributed by atoms with E-state index in [1.54, 1.807) is 0 Å². The Balaban J connectivity index is 2.15. The van der Waals surface area contributed by atoms with E-state index < -0.39 is 0 Å². The van der Waals surface area contributed by atoms with Crippen LogP contribution in [0.1, 0.15) is 40.5 Å². The minimum Gasteiger partial charge on any atom is -0.462 e. The van der Waals surface area contributed by atoms with Gasteiger partial charge in [0, 0.05) is 12.8 Å². The van der Waals surface area contributed by atoms with Gasteiger partial charge in [0.05, 0.1) is 0 Å². The first kappa shape index (κ1) is 12.7. The van der Waals surface area contributed by atoms with Crippen molar-refractivity contribution in [3.05, 3.63) is 12.2 Å². The van der Waals surface area contributed by atoms with Crippen molar-refractivity contribution >= 4 is 5.97 Å². The summed E-state index contributed by atoms with van der Waals surface area (Å²) in [7, 11) is 0. The summed E-state index contributed by atoms with van der Waals surface area (Å²) in [6.07, 6.45) is 7.14. The molecule has 2 heteroatoms. The Kier molecular flexibility index (Phi) is 3.60. The van der Waals surface area contributed by atoms with Crippen molar-refractivity contribution in [2.75, 3.05) is 0 Å². The topological polar surface area (TPSA) is 26.3 Å². The Morgan fingerprint density at radius 1 is 1.41 bits per heavy atom. The van der Waals surface area contributed by atoms with Crippen LogP contribution in [0, 0.1) is 29.6 Å². The molecule has 0 saturated heterocycles. The average molecular weight is 236 g/mol. The Labute approximate surface area is 104 Å². The number of hydrogen-bond acceptors (Lipinski definition) is 2. The number of ether oxygens (including phenoxy) is 1. The molecular weight excluding hydrogens is 212 g/mol. The van der Waals surface area contributed by atoms with Crippen LogP contribution in [0.15, 0.2) is 12.2 Å². The van der Waals surface area contributed by atoms with Crippen LogP contribution in [0.3, 0.4) is 0 Å². The Morgan fingerprint density at radius 2 is 2.06 bits per heavy atom. The molecule has 2 bridgehead atoms. The van der Waals surface area contributed by atoms with E-state index in [0.717, 1.165) is 6.42 Å². The summed E-state index contributed by atoms with van der Waals surface area (Å²) in [6.45, 7) is 8.23. The highest BCUT2D eigenvalue weighted by Crippen LogP contribution is 2.51. The van der Waals surface area contributed by atoms with Gasteiger partial charge >= 0.3 is 5.97 Å². The fourth-order valence-corrected chi connectivity index (χ4v) is 3.65. The van der Waals surface area contributed by atoms with Crippen LogP contribution in [-0.4, -0.2) is 12.1 Å². The maximum atomic E-state index is 11.3. The van der Waals surface area contributed by atoms with Gasteiger partial charge in [-0.25, -0.2) is 0 Å². The molecule has 0 aromatic rings. The van der Waals surface area contributed by atoms with Crippen LogP contribution in [0.2, 0.25) is 0 Å². The van der Waals surface area contributed by atoms with Crippen LogP contribution in [-0.2, 0) is 9.53 Å². The molecule has 0 aromatic heterocycles. The lowest BCUT2D eigenvalue weighted by Crippen LogP contribution is -2.37. The van der Waals surface area contributed by atoms with E-state index in [1.165, 1.54) is 13.3 Å². The van der Waals surface area contributed by atoms with Crippen LogP contribution in [0.5, 0.6) is 0 Å². The van der Waals surface area contributed by atoms with Crippen molar-refractivity contribution in [2.45, 2.75) is 46.6 Å². The molecule has 0 amide bonds. The van der Waals surface area contributed by atoms with Crippen molar-refractivity contribution in [2.24, 2.45) is 29.6 Å². The fraction of sp³-hybridized carbons (Fsp3) is 0.800. The van der Waals surface area contributed by atoms with Gasteiger partial charge in [0.15, 0.2) is 0 Å². The van der Waals surface area contributed by atoms with Gasteiger partial charge in [0.2, 0.25) is 0 Å². The van der Waals surface area contributed by atoms with Gasteiger partial charge in [-0.3, -0.25) is 4.79 Å². The molecule has 17 heavy (non-hydrogen) atoms. The molecule has 0 N–H and O–H groups in total. The van der Waals surface area contributed by atoms with Gasteiger partial charge < -0.3 is 4.74 Å². The lowest BCUT2D eigenvalue weighted by atomic mass is 9.76. The monoisotopic (exact) mass is 236 g/mol. The van der Waals surface area contributed by atoms with E-state index in [1.807, 2.05) is 0 Å². The number of carbonyl (C=O) groups excluding carboxylic acids is 1. The summed E-state index contributed by atoms with van der Waals surface area (Å²) < 4.78 is 5.64. The Bertz CT molecular complexity index is 321. The fourth-order valence-electron chi connectivity index (χ4n) is 3.65. The Hall–Kier alpha value is -0.790. The number of hydrogen-bond donors (Lipinski definition) is 0. The molecule has 6 unspecified atom stereocenters. The predicted molar refractivity (Wildman–Crippen MR) is 68.4 cm³/mol. The van der Waals surface area contributed by atoms with E-state index in [-0.39, 0.29) is 12.1 Å². The van der Waals surface area contributed by atoms with Crippen LogP contribution in [0.25, 0.3) is 0 Å². The third-order valence-corrected chi connectivity index (χ3v) is 4.81. The number of rotatable bonds is 4. The number of esters is 1. The molecule has 2 aliphatic rings. The second-order valence-corrected chi connectivity index (χ2v) is 5.84. The molecule has 96 valence electrons. The first-order valence-electron chi connectivity index (χ1n) is 6.90. The lowest BCUT2D eigenvalue weighted by Gasteiger charge is -2.35. The summed E-state index contributed by atoms with van der Waals surface area (Å²) in [4.78, 5) is 11.3. The summed E-state index contributed by atoms with van der Waals surface area (Å²) in [5.74, 6) is 2.86. The molecule has 0 radical (unpaired) electrons. The molecule has 1 saturated carbocycles. The summed E-state index contributed by atoms with van der Waals surface area (Å²) in [5.41, 5.74) is 0. The second-order valence-electron chi connectivity index (χ2n) is 5.84. The molecular formula is C15H24O2. The van der Waals surface area contributed by atoms with E-state index in [0.29, 0.717) is 29.6 Å². The van der Waals surface area contributed by atoms with E-state index in [9.17, 15) is 4.79 Å². The van der Waals surface area contributed by atoms with Crippen LogP contribution in [0.4, 0.5) is 0 Å². The molecule has 6 atom stereocenters. The first-order valence-corrected chi connectivity index (χ1v) is 6.90. The normalized spacial score (nSPS) is 38.1. The molecule has 2 aliphatic carbocycles. The first-order chi connectivity index (χ1) is 8.04. The predicted octanol–water partition coefficient (Wildman–Crippen LogP) is 3.42. The average Bonchev–Trinajstić information content (AvgIpc) is 2.85. The zero-order chi connectivity index (χ0) is 12.6. The van der Waals surface area contributed by atoms with E-state index >= 15 is 0 Å². The molecule has 2 rings (SSSR count). The molecule has 0 spiro atoms. The standard InChI is InChI=1S/C15H24O2/c1-5-9(2)15(17-11(4)16)14-10(3)12-6-7-13(14)8-12/h6-7,9-10,12-15H,5,8H2,1-4H3. The van der Waals surface area contributed by atoms with E-state index in [4.69, 9.17) is 4.74 Å². The van der Waals surface area contributed by atoms with Crippen molar-refractivity contribution in [3.63, 3.8) is 0 Å². The summed E-state index contributed by atoms with van der Waals surface area (Å²) >= 11 is 0. The van der Waals surface area contributed by atoms with Gasteiger partial charge in [-0.1, -0.05) is 39.3 Å². The largest absolute Gasteiger partial charge is 0.462 e. The molecule has 0 aromatic carbocycles. The zero-order valence-electron chi connectivity index (χ0n) is 11.3. The molecule has 0 heterocycles. The second kappa shape index (κ2) is 4.83. The van der Waals surface area contributed by atoms with Gasteiger partial charge in [0.1, 0.15) is 6.10 Å². The number of fused-ring (bicyclic) bond motifs is 2.